The van der Waals surface area contributed by atoms with Crippen molar-refractivity contribution >= 4 is 0 Å². The van der Waals surface area contributed by atoms with Gasteiger partial charge in [0.05, 0.1) is 0 Å². The highest BCUT2D eigenvalue weighted by Gasteiger charge is 2.03. The van der Waals surface area contributed by atoms with E-state index in [4.69, 9.17) is 0 Å². The molecule has 0 fully saturated rings. The van der Waals surface area contributed by atoms with Gasteiger partial charge in [0.25, 0.3) is 0 Å². The van der Waals surface area contributed by atoms with Gasteiger partial charge in [-0.2, -0.15) is 0 Å². The van der Waals surface area contributed by atoms with Crippen LogP contribution < -0.4 is 4.57 Å². The highest BCUT2D eigenvalue weighted by molar-refractivity contribution is 5.05. The first-order valence-electron chi connectivity index (χ1n) is 14.3. The summed E-state index contributed by atoms with van der Waals surface area (Å²) < 4.78 is 2.43. The number of unbranched alkanes of at least 4 members (excludes halogenated alkanes) is 19. The number of hydrogen-bond acceptors (Lipinski definition) is 0. The van der Waals surface area contributed by atoms with Crippen molar-refractivity contribution in [3.05, 3.63) is 30.1 Å². The fraction of sp³-hybridized carbons (Fsp3) is 0.833. The largest absolute Gasteiger partial charge is 0.205 e. The molecular formula is C30H56N+. The van der Waals surface area contributed by atoms with Crippen molar-refractivity contribution in [1.82, 2.24) is 0 Å². The maximum atomic E-state index is 2.43. The minimum atomic E-state index is 1.20. The average molecular weight is 431 g/mol. The summed E-state index contributed by atoms with van der Waals surface area (Å²) in [6.45, 7) is 5.79. The summed E-state index contributed by atoms with van der Waals surface area (Å²) in [5.74, 6) is 0. The van der Waals surface area contributed by atoms with Gasteiger partial charge in [0, 0.05) is 18.1 Å². The monoisotopic (exact) mass is 430 g/mol. The third kappa shape index (κ3) is 18.4. The summed E-state index contributed by atoms with van der Waals surface area (Å²) in [7, 11) is 0. The number of aromatic nitrogens is 1. The Morgan fingerprint density at radius 3 is 1.42 bits per heavy atom. The summed E-state index contributed by atoms with van der Waals surface area (Å²) in [6, 6.07) is 4.57. The zero-order chi connectivity index (χ0) is 22.2. The second-order valence-corrected chi connectivity index (χ2v) is 9.92. The van der Waals surface area contributed by atoms with E-state index in [2.05, 4.69) is 42.9 Å². The molecule has 180 valence electrons. The van der Waals surface area contributed by atoms with Gasteiger partial charge >= 0.3 is 0 Å². The highest BCUT2D eigenvalue weighted by atomic mass is 14.9. The molecule has 0 saturated heterocycles. The fourth-order valence-corrected chi connectivity index (χ4v) is 4.64. The highest BCUT2D eigenvalue weighted by Crippen LogP contribution is 2.13. The Morgan fingerprint density at radius 2 is 0.935 bits per heavy atom. The van der Waals surface area contributed by atoms with E-state index < -0.39 is 0 Å². The SMILES string of the molecule is CCCCCCCCCCCCCCC[n+]1cccc(CCCCCCCCCC)c1. The van der Waals surface area contributed by atoms with Gasteiger partial charge in [0.1, 0.15) is 6.54 Å². The van der Waals surface area contributed by atoms with Crippen molar-refractivity contribution in [3.8, 4) is 0 Å². The second kappa shape index (κ2) is 22.3. The first kappa shape index (κ1) is 28.2. The van der Waals surface area contributed by atoms with Crippen molar-refractivity contribution in [2.45, 2.75) is 162 Å². The Kier molecular flexibility index (Phi) is 20.3. The standard InChI is InChI=1S/C30H56N/c1-3-5-7-9-11-13-14-15-16-17-19-21-23-27-31-28-24-26-30(29-31)25-22-20-18-12-10-8-6-4-2/h24,26,28-29H,3-23,25,27H2,1-2H3/q+1. The van der Waals surface area contributed by atoms with Gasteiger partial charge in [-0.25, -0.2) is 4.57 Å². The van der Waals surface area contributed by atoms with Gasteiger partial charge in [-0.15, -0.1) is 0 Å². The number of nitrogens with zero attached hydrogens (tertiary/aromatic N) is 1. The molecule has 0 amide bonds. The van der Waals surface area contributed by atoms with E-state index in [1.165, 1.54) is 153 Å². The maximum absolute atomic E-state index is 2.43. The van der Waals surface area contributed by atoms with Crippen LogP contribution in [0.15, 0.2) is 24.5 Å². The van der Waals surface area contributed by atoms with Crippen LogP contribution in [0.5, 0.6) is 0 Å². The van der Waals surface area contributed by atoms with Crippen LogP contribution in [0.2, 0.25) is 0 Å². The van der Waals surface area contributed by atoms with Crippen molar-refractivity contribution in [3.63, 3.8) is 0 Å². The first-order chi connectivity index (χ1) is 15.4. The molecule has 0 aliphatic rings. The maximum Gasteiger partial charge on any atom is 0.171 e. The smallest absolute Gasteiger partial charge is 0.171 e. The van der Waals surface area contributed by atoms with E-state index in [1.807, 2.05) is 0 Å². The Balaban J connectivity index is 1.93. The molecule has 31 heavy (non-hydrogen) atoms. The van der Waals surface area contributed by atoms with Gasteiger partial charge in [-0.05, 0) is 25.3 Å². The average Bonchev–Trinajstić information content (AvgIpc) is 2.79. The predicted octanol–water partition coefficient (Wildman–Crippen LogP) is 9.75. The van der Waals surface area contributed by atoms with Crippen LogP contribution in [-0.4, -0.2) is 0 Å². The molecule has 0 atom stereocenters. The number of pyridine rings is 1. The number of aryl methyl sites for hydroxylation is 2. The fourth-order valence-electron chi connectivity index (χ4n) is 4.64. The lowest BCUT2D eigenvalue weighted by atomic mass is 10.0. The first-order valence-corrected chi connectivity index (χ1v) is 14.3. The van der Waals surface area contributed by atoms with Crippen LogP contribution in [0.1, 0.15) is 154 Å². The summed E-state index contributed by atoms with van der Waals surface area (Å²) in [5, 5.41) is 0. The van der Waals surface area contributed by atoms with Crippen LogP contribution in [0, 0.1) is 0 Å². The van der Waals surface area contributed by atoms with Crippen LogP contribution in [0.3, 0.4) is 0 Å². The molecule has 0 bridgehead atoms. The molecular weight excluding hydrogens is 374 g/mol. The Morgan fingerprint density at radius 1 is 0.516 bits per heavy atom. The second-order valence-electron chi connectivity index (χ2n) is 9.92. The van der Waals surface area contributed by atoms with Crippen LogP contribution in [0.4, 0.5) is 0 Å². The summed E-state index contributed by atoms with van der Waals surface area (Å²) in [4.78, 5) is 0. The molecule has 1 aromatic heterocycles. The molecule has 0 aliphatic carbocycles. The normalized spacial score (nSPS) is 11.3. The van der Waals surface area contributed by atoms with Crippen molar-refractivity contribution in [2.24, 2.45) is 0 Å². The van der Waals surface area contributed by atoms with Gasteiger partial charge in [-0.3, -0.25) is 0 Å². The quantitative estimate of drug-likeness (QED) is 0.120. The molecule has 0 unspecified atom stereocenters. The van der Waals surface area contributed by atoms with Crippen molar-refractivity contribution in [2.75, 3.05) is 0 Å². The Hall–Kier alpha value is -0.850. The minimum Gasteiger partial charge on any atom is -0.205 e. The summed E-state index contributed by atoms with van der Waals surface area (Å²) >= 11 is 0. The van der Waals surface area contributed by atoms with E-state index in [9.17, 15) is 0 Å². The minimum absolute atomic E-state index is 1.20. The van der Waals surface area contributed by atoms with E-state index in [-0.39, 0.29) is 0 Å². The van der Waals surface area contributed by atoms with E-state index in [0.717, 1.165) is 0 Å². The Labute approximate surface area is 196 Å². The van der Waals surface area contributed by atoms with Crippen LogP contribution in [-0.2, 0) is 13.0 Å². The summed E-state index contributed by atoms with van der Waals surface area (Å²) in [6.07, 6.45) is 35.8. The van der Waals surface area contributed by atoms with Crippen LogP contribution in [0.25, 0.3) is 0 Å². The third-order valence-electron chi connectivity index (χ3n) is 6.76. The van der Waals surface area contributed by atoms with E-state index in [1.54, 1.807) is 0 Å². The van der Waals surface area contributed by atoms with E-state index >= 15 is 0 Å². The number of rotatable bonds is 23. The Bertz CT molecular complexity index is 481. The molecule has 0 aromatic carbocycles. The van der Waals surface area contributed by atoms with Crippen molar-refractivity contribution < 1.29 is 4.57 Å². The summed E-state index contributed by atoms with van der Waals surface area (Å²) in [5.41, 5.74) is 1.53. The van der Waals surface area contributed by atoms with E-state index in [0.29, 0.717) is 0 Å². The van der Waals surface area contributed by atoms with Gasteiger partial charge < -0.3 is 0 Å². The molecule has 1 rings (SSSR count). The molecule has 0 saturated carbocycles. The zero-order valence-corrected chi connectivity index (χ0v) is 21.5. The lowest BCUT2D eigenvalue weighted by Crippen LogP contribution is -2.33. The topological polar surface area (TPSA) is 3.88 Å². The predicted molar refractivity (Wildman–Crippen MR) is 139 cm³/mol. The van der Waals surface area contributed by atoms with Gasteiger partial charge in [-0.1, -0.05) is 129 Å². The molecule has 0 N–H and O–H groups in total. The molecule has 1 nitrogen and oxygen atoms in total. The molecule has 1 heteroatoms. The lowest BCUT2D eigenvalue weighted by molar-refractivity contribution is -0.697. The lowest BCUT2D eigenvalue weighted by Gasteiger charge is -2.04. The van der Waals surface area contributed by atoms with Crippen molar-refractivity contribution in [1.29, 1.82) is 0 Å². The molecule has 0 aliphatic heterocycles. The molecule has 1 aromatic rings. The van der Waals surface area contributed by atoms with Gasteiger partial charge in [0.15, 0.2) is 12.4 Å². The third-order valence-corrected chi connectivity index (χ3v) is 6.76. The van der Waals surface area contributed by atoms with Gasteiger partial charge in [0.2, 0.25) is 0 Å². The molecule has 1 heterocycles. The van der Waals surface area contributed by atoms with Crippen LogP contribution >= 0.6 is 0 Å². The molecule has 0 spiro atoms. The zero-order valence-electron chi connectivity index (χ0n) is 21.5. The molecule has 0 radical (unpaired) electrons. The number of hydrogen-bond donors (Lipinski definition) is 0.